The van der Waals surface area contributed by atoms with Gasteiger partial charge in [0, 0.05) is 61.9 Å². The van der Waals surface area contributed by atoms with Crippen LogP contribution in [0.4, 0.5) is 5.82 Å². The lowest BCUT2D eigenvalue weighted by Gasteiger charge is -2.47. The van der Waals surface area contributed by atoms with Crippen LogP contribution >= 0.6 is 0 Å². The second kappa shape index (κ2) is 9.60. The molecule has 0 bridgehead atoms. The number of aryl methyl sites for hydroxylation is 1. The first-order valence-electron chi connectivity index (χ1n) is 13.5. The highest BCUT2D eigenvalue weighted by Crippen LogP contribution is 2.44. The number of hydrogen-bond donors (Lipinski definition) is 1. The average Bonchev–Trinajstić information content (AvgIpc) is 3.48. The van der Waals surface area contributed by atoms with Gasteiger partial charge in [-0.25, -0.2) is 0 Å². The Kier molecular flexibility index (Phi) is 6.57. The SMILES string of the molecule is C=CC(=O)N1CCC(n2nc(N3CCN(C(C)=O)CC3(C)C)c(-c3c(C)c(C)cc4[nH]ncc34)c2C)CC1. The van der Waals surface area contributed by atoms with Crippen molar-refractivity contribution in [2.75, 3.05) is 37.6 Å². The molecule has 0 saturated carbocycles. The van der Waals surface area contributed by atoms with Crippen LogP contribution in [0.15, 0.2) is 24.9 Å². The molecule has 1 N–H and O–H groups in total. The van der Waals surface area contributed by atoms with E-state index >= 15 is 0 Å². The van der Waals surface area contributed by atoms with Crippen molar-refractivity contribution in [3.8, 4) is 11.1 Å². The molecule has 9 heteroatoms. The van der Waals surface area contributed by atoms with Gasteiger partial charge in [-0.05, 0) is 70.7 Å². The molecule has 0 spiro atoms. The zero-order valence-corrected chi connectivity index (χ0v) is 23.5. The summed E-state index contributed by atoms with van der Waals surface area (Å²) in [6.07, 6.45) is 5.00. The molecular formula is C29H39N7O2. The fraction of sp³-hybridized carbons (Fsp3) is 0.517. The molecule has 2 aliphatic rings. The standard InChI is InChI=1S/C29H39N7O2/c1-8-25(38)33-11-9-22(10-12-33)36-20(4)27(26-19(3)18(2)15-24-23(26)16-30-31-24)28(32-36)35-14-13-34(21(5)37)17-29(35,6)7/h8,15-16,22H,1,9-14,17H2,2-7H3,(H,30,31). The molecule has 3 aromatic rings. The number of anilines is 1. The van der Waals surface area contributed by atoms with Gasteiger partial charge in [-0.2, -0.15) is 10.2 Å². The third-order valence-corrected chi connectivity index (χ3v) is 8.55. The number of rotatable bonds is 4. The zero-order valence-electron chi connectivity index (χ0n) is 23.5. The number of carbonyl (C=O) groups excluding carboxylic acids is 2. The maximum absolute atomic E-state index is 12.2. The van der Waals surface area contributed by atoms with Crippen LogP contribution in [0.3, 0.4) is 0 Å². The van der Waals surface area contributed by atoms with Gasteiger partial charge in [-0.3, -0.25) is 19.4 Å². The van der Waals surface area contributed by atoms with Gasteiger partial charge in [0.1, 0.15) is 0 Å². The van der Waals surface area contributed by atoms with E-state index in [2.05, 4.69) is 67.0 Å². The molecule has 5 rings (SSSR count). The van der Waals surface area contributed by atoms with E-state index in [4.69, 9.17) is 5.10 Å². The molecule has 2 saturated heterocycles. The second-order valence-electron chi connectivity index (χ2n) is 11.4. The van der Waals surface area contributed by atoms with Crippen LogP contribution < -0.4 is 4.90 Å². The van der Waals surface area contributed by atoms with E-state index < -0.39 is 0 Å². The van der Waals surface area contributed by atoms with Crippen LogP contribution in [-0.2, 0) is 9.59 Å². The molecule has 2 fully saturated rings. The van der Waals surface area contributed by atoms with Crippen LogP contribution in [0.5, 0.6) is 0 Å². The number of nitrogens with one attached hydrogen (secondary N) is 1. The summed E-state index contributed by atoms with van der Waals surface area (Å²) in [6.45, 7) is 19.6. The maximum atomic E-state index is 12.2. The number of aromatic amines is 1. The molecule has 0 aliphatic carbocycles. The summed E-state index contributed by atoms with van der Waals surface area (Å²) in [6, 6.07) is 2.35. The van der Waals surface area contributed by atoms with E-state index in [1.807, 2.05) is 16.0 Å². The Morgan fingerprint density at radius 1 is 1.08 bits per heavy atom. The van der Waals surface area contributed by atoms with Gasteiger partial charge in [0.15, 0.2) is 5.82 Å². The Labute approximate surface area is 224 Å². The zero-order chi connectivity index (χ0) is 27.4. The van der Waals surface area contributed by atoms with E-state index in [0.717, 1.165) is 46.4 Å². The highest BCUT2D eigenvalue weighted by Gasteiger charge is 2.39. The van der Waals surface area contributed by atoms with Crippen molar-refractivity contribution in [1.29, 1.82) is 0 Å². The summed E-state index contributed by atoms with van der Waals surface area (Å²) < 4.78 is 2.20. The van der Waals surface area contributed by atoms with Crippen LogP contribution in [0, 0.1) is 20.8 Å². The molecule has 0 unspecified atom stereocenters. The Bertz CT molecular complexity index is 1410. The number of carbonyl (C=O) groups is 2. The van der Waals surface area contributed by atoms with E-state index in [1.54, 1.807) is 6.92 Å². The maximum Gasteiger partial charge on any atom is 0.245 e. The Balaban J connectivity index is 1.65. The largest absolute Gasteiger partial charge is 0.346 e. The minimum atomic E-state index is -0.294. The minimum Gasteiger partial charge on any atom is -0.346 e. The van der Waals surface area contributed by atoms with E-state index in [9.17, 15) is 9.59 Å². The number of fused-ring (bicyclic) bond motifs is 1. The number of H-pyrrole nitrogens is 1. The Morgan fingerprint density at radius 2 is 1.79 bits per heavy atom. The van der Waals surface area contributed by atoms with Gasteiger partial charge >= 0.3 is 0 Å². The molecule has 1 aromatic carbocycles. The topological polar surface area (TPSA) is 90.4 Å². The van der Waals surface area contributed by atoms with E-state index in [-0.39, 0.29) is 23.4 Å². The molecule has 202 valence electrons. The second-order valence-corrected chi connectivity index (χ2v) is 11.4. The number of hydrogen-bond acceptors (Lipinski definition) is 5. The molecule has 2 amide bonds. The number of likely N-dealkylation sites (tertiary alicyclic amines) is 1. The van der Waals surface area contributed by atoms with Gasteiger partial charge in [-0.1, -0.05) is 6.58 Å². The first-order valence-corrected chi connectivity index (χ1v) is 13.5. The summed E-state index contributed by atoms with van der Waals surface area (Å²) in [5, 5.41) is 14.0. The molecule has 9 nitrogen and oxygen atoms in total. The average molecular weight is 518 g/mol. The lowest BCUT2D eigenvalue weighted by atomic mass is 9.91. The molecule has 0 radical (unpaired) electrons. The van der Waals surface area contributed by atoms with Crippen molar-refractivity contribution in [2.45, 2.75) is 66.0 Å². The lowest BCUT2D eigenvalue weighted by Crippen LogP contribution is -2.60. The number of amides is 2. The Hall–Kier alpha value is -3.62. The molecule has 2 aromatic heterocycles. The monoisotopic (exact) mass is 517 g/mol. The number of aromatic nitrogens is 4. The number of benzene rings is 1. The normalized spacial score (nSPS) is 18.3. The van der Waals surface area contributed by atoms with Crippen molar-refractivity contribution in [3.05, 3.63) is 41.7 Å². The summed E-state index contributed by atoms with van der Waals surface area (Å²) in [4.78, 5) is 30.6. The van der Waals surface area contributed by atoms with Crippen molar-refractivity contribution in [3.63, 3.8) is 0 Å². The fourth-order valence-corrected chi connectivity index (χ4v) is 6.27. The summed E-state index contributed by atoms with van der Waals surface area (Å²) in [5.41, 5.74) is 6.55. The Morgan fingerprint density at radius 3 is 2.42 bits per heavy atom. The quantitative estimate of drug-likeness (QED) is 0.525. The minimum absolute atomic E-state index is 0.00940. The van der Waals surface area contributed by atoms with Gasteiger partial charge in [0.25, 0.3) is 0 Å². The van der Waals surface area contributed by atoms with Crippen LogP contribution in [0.1, 0.15) is 56.5 Å². The highest BCUT2D eigenvalue weighted by molar-refractivity contribution is 6.00. The smallest absolute Gasteiger partial charge is 0.245 e. The van der Waals surface area contributed by atoms with Crippen LogP contribution in [-0.4, -0.2) is 79.9 Å². The van der Waals surface area contributed by atoms with Crippen molar-refractivity contribution in [1.82, 2.24) is 29.8 Å². The van der Waals surface area contributed by atoms with Crippen LogP contribution in [0.2, 0.25) is 0 Å². The van der Waals surface area contributed by atoms with E-state index in [0.29, 0.717) is 32.7 Å². The first-order chi connectivity index (χ1) is 18.0. The van der Waals surface area contributed by atoms with Gasteiger partial charge < -0.3 is 14.7 Å². The van der Waals surface area contributed by atoms with Gasteiger partial charge in [0.05, 0.1) is 23.3 Å². The lowest BCUT2D eigenvalue weighted by molar-refractivity contribution is -0.130. The summed E-state index contributed by atoms with van der Waals surface area (Å²) in [5.74, 6) is 1.05. The van der Waals surface area contributed by atoms with Crippen molar-refractivity contribution < 1.29 is 9.59 Å². The highest BCUT2D eigenvalue weighted by atomic mass is 16.2. The van der Waals surface area contributed by atoms with Gasteiger partial charge in [-0.15, -0.1) is 0 Å². The first kappa shape index (κ1) is 26.0. The summed E-state index contributed by atoms with van der Waals surface area (Å²) in [7, 11) is 0. The number of piperidine rings is 1. The molecule has 2 aliphatic heterocycles. The summed E-state index contributed by atoms with van der Waals surface area (Å²) >= 11 is 0. The number of piperazine rings is 1. The van der Waals surface area contributed by atoms with Gasteiger partial charge in [0.2, 0.25) is 11.8 Å². The molecule has 38 heavy (non-hydrogen) atoms. The predicted molar refractivity (Wildman–Crippen MR) is 150 cm³/mol. The molecular weight excluding hydrogens is 478 g/mol. The number of nitrogens with zero attached hydrogens (tertiary/aromatic N) is 6. The van der Waals surface area contributed by atoms with Crippen molar-refractivity contribution in [2.24, 2.45) is 0 Å². The van der Waals surface area contributed by atoms with Crippen LogP contribution in [0.25, 0.3) is 22.0 Å². The molecule has 0 atom stereocenters. The van der Waals surface area contributed by atoms with E-state index in [1.165, 1.54) is 17.2 Å². The molecule has 4 heterocycles. The van der Waals surface area contributed by atoms with Crippen molar-refractivity contribution >= 4 is 28.5 Å². The third-order valence-electron chi connectivity index (χ3n) is 8.55. The third kappa shape index (κ3) is 4.27. The fourth-order valence-electron chi connectivity index (χ4n) is 6.27. The predicted octanol–water partition coefficient (Wildman–Crippen LogP) is 4.15.